The van der Waals surface area contributed by atoms with E-state index < -0.39 is 11.9 Å². The summed E-state index contributed by atoms with van der Waals surface area (Å²) >= 11 is 0. The van der Waals surface area contributed by atoms with Crippen molar-refractivity contribution in [2.45, 2.75) is 32.7 Å². The molecule has 0 fully saturated rings. The lowest BCUT2D eigenvalue weighted by Gasteiger charge is -2.10. The van der Waals surface area contributed by atoms with Gasteiger partial charge in [0, 0.05) is 0 Å². The smallest absolute Gasteiger partial charge is 0.351 e. The average Bonchev–Trinajstić information content (AvgIpc) is 1.81. The lowest BCUT2D eigenvalue weighted by Crippen LogP contribution is -2.69. The monoisotopic (exact) mass is 223 g/mol. The first-order valence-corrected chi connectivity index (χ1v) is 3.85. The Balaban J connectivity index is -0.000000187. The Bertz CT molecular complexity index is 218. The Morgan fingerprint density at radius 1 is 1.33 bits per heavy atom. The van der Waals surface area contributed by atoms with Crippen molar-refractivity contribution in [3.05, 3.63) is 0 Å². The Morgan fingerprint density at radius 2 is 1.60 bits per heavy atom. The highest BCUT2D eigenvalue weighted by Gasteiger charge is 2.16. The quantitative estimate of drug-likeness (QED) is 0.477. The minimum absolute atomic E-state index is 0. The molecule has 0 saturated carbocycles. The second kappa shape index (κ2) is 7.89. The summed E-state index contributed by atoms with van der Waals surface area (Å²) in [6.45, 7) is 5.50. The molecular formula is C8H17NO6. The van der Waals surface area contributed by atoms with E-state index in [4.69, 9.17) is 19.8 Å². The summed E-state index contributed by atoms with van der Waals surface area (Å²) in [4.78, 5) is 28.4. The van der Waals surface area contributed by atoms with Crippen LogP contribution in [0.1, 0.15) is 27.2 Å². The lowest BCUT2D eigenvalue weighted by molar-refractivity contribution is -0.463. The second-order valence-corrected chi connectivity index (χ2v) is 3.64. The number of ketones is 1. The van der Waals surface area contributed by atoms with Gasteiger partial charge in [-0.1, -0.05) is 0 Å². The number of carbonyl (C=O) groups is 3. The topological polar surface area (TPSA) is 154 Å². The molecule has 0 aromatic carbocycles. The Morgan fingerprint density at radius 3 is 1.60 bits per heavy atom. The summed E-state index contributed by atoms with van der Waals surface area (Å²) in [6, 6.07) is 0. The number of carbonyl (C=O) groups excluding carboxylic acids is 2. The van der Waals surface area contributed by atoms with Crippen LogP contribution < -0.4 is 10.8 Å². The van der Waals surface area contributed by atoms with Gasteiger partial charge in [0.1, 0.15) is 5.78 Å². The summed E-state index contributed by atoms with van der Waals surface area (Å²) < 4.78 is 0. The predicted octanol–water partition coefficient (Wildman–Crippen LogP) is -3.02. The van der Waals surface area contributed by atoms with E-state index in [-0.39, 0.29) is 16.8 Å². The van der Waals surface area contributed by atoms with Gasteiger partial charge in [0.15, 0.2) is 5.97 Å². The fourth-order valence-corrected chi connectivity index (χ4v) is 0.674. The number of hydrogen-bond acceptors (Lipinski definition) is 4. The molecular weight excluding hydrogens is 206 g/mol. The van der Waals surface area contributed by atoms with Gasteiger partial charge in [-0.25, -0.2) is 4.79 Å². The molecule has 0 amide bonds. The number of carboxylic acid groups (broad SMARTS) is 2. The van der Waals surface area contributed by atoms with Crippen LogP contribution >= 0.6 is 0 Å². The van der Waals surface area contributed by atoms with E-state index in [2.05, 4.69) is 5.73 Å². The SMILES string of the molecule is CC(=O)CC(C)(C)[NH3+].O.O=C([O-])C(=O)O. The van der Waals surface area contributed by atoms with Crippen LogP contribution in [0, 0.1) is 0 Å². The molecule has 7 nitrogen and oxygen atoms in total. The van der Waals surface area contributed by atoms with Crippen molar-refractivity contribution in [3.8, 4) is 0 Å². The van der Waals surface area contributed by atoms with Crippen molar-refractivity contribution < 1.29 is 35.8 Å². The molecule has 0 aromatic rings. The first kappa shape index (κ1) is 19.2. The van der Waals surface area contributed by atoms with Crippen molar-refractivity contribution in [1.29, 1.82) is 0 Å². The normalized spacial score (nSPS) is 9.07. The van der Waals surface area contributed by atoms with Crippen LogP contribution in [-0.4, -0.2) is 33.8 Å². The standard InChI is InChI=1S/C6H13NO.C2H2O4.H2O/c1-5(8)4-6(2,3)7;3-1(4)2(5)6;/h4,7H2,1-3H3;(H,3,4)(H,5,6);1H2. The fourth-order valence-electron chi connectivity index (χ4n) is 0.674. The van der Waals surface area contributed by atoms with Crippen molar-refractivity contribution in [2.75, 3.05) is 0 Å². The summed E-state index contributed by atoms with van der Waals surface area (Å²) in [5.74, 6) is -3.80. The van der Waals surface area contributed by atoms with E-state index in [0.717, 1.165) is 0 Å². The van der Waals surface area contributed by atoms with E-state index in [9.17, 15) is 4.79 Å². The lowest BCUT2D eigenvalue weighted by atomic mass is 10.0. The van der Waals surface area contributed by atoms with Crippen molar-refractivity contribution in [3.63, 3.8) is 0 Å². The van der Waals surface area contributed by atoms with Crippen LogP contribution in [-0.2, 0) is 14.4 Å². The number of Topliss-reactive ketones (excluding diaryl/α,β-unsaturated/α-hetero) is 1. The van der Waals surface area contributed by atoms with Crippen LogP contribution in [0.5, 0.6) is 0 Å². The molecule has 0 aliphatic rings. The number of quaternary nitrogens is 1. The zero-order valence-electron chi connectivity index (χ0n) is 8.99. The molecule has 15 heavy (non-hydrogen) atoms. The van der Waals surface area contributed by atoms with Gasteiger partial charge in [-0.05, 0) is 20.8 Å². The number of aliphatic carboxylic acids is 2. The molecule has 0 saturated heterocycles. The molecule has 0 heterocycles. The molecule has 90 valence electrons. The first-order chi connectivity index (χ1) is 6.06. The minimum atomic E-state index is -2.07. The molecule has 0 aromatic heterocycles. The Hall–Kier alpha value is -1.47. The van der Waals surface area contributed by atoms with E-state index in [0.29, 0.717) is 6.42 Å². The van der Waals surface area contributed by atoms with Gasteiger partial charge in [0.2, 0.25) is 0 Å². The highest BCUT2D eigenvalue weighted by atomic mass is 16.4. The molecule has 0 radical (unpaired) electrons. The van der Waals surface area contributed by atoms with Crippen LogP contribution in [0.2, 0.25) is 0 Å². The van der Waals surface area contributed by atoms with Gasteiger partial charge in [-0.2, -0.15) is 0 Å². The van der Waals surface area contributed by atoms with Gasteiger partial charge in [0.25, 0.3) is 0 Å². The summed E-state index contributed by atoms with van der Waals surface area (Å²) in [6.07, 6.45) is 0.576. The van der Waals surface area contributed by atoms with E-state index >= 15 is 0 Å². The third kappa shape index (κ3) is 24.5. The molecule has 0 aliphatic heterocycles. The maximum Gasteiger partial charge on any atom is 0.351 e. The van der Waals surface area contributed by atoms with E-state index in [1.165, 1.54) is 0 Å². The molecule has 0 aliphatic carbocycles. The largest absolute Gasteiger partial charge is 0.539 e. The van der Waals surface area contributed by atoms with Crippen LogP contribution in [0.25, 0.3) is 0 Å². The number of rotatable bonds is 2. The molecule has 6 N–H and O–H groups in total. The zero-order chi connectivity index (χ0) is 11.9. The van der Waals surface area contributed by atoms with Crippen LogP contribution in [0.15, 0.2) is 0 Å². The van der Waals surface area contributed by atoms with Crippen molar-refractivity contribution >= 4 is 17.7 Å². The molecule has 0 bridgehead atoms. The zero-order valence-corrected chi connectivity index (χ0v) is 8.99. The highest BCUT2D eigenvalue weighted by Crippen LogP contribution is 1.99. The second-order valence-electron chi connectivity index (χ2n) is 3.64. The van der Waals surface area contributed by atoms with Crippen LogP contribution in [0.4, 0.5) is 0 Å². The molecule has 0 atom stereocenters. The van der Waals surface area contributed by atoms with Gasteiger partial charge in [-0.3, -0.25) is 4.79 Å². The predicted molar refractivity (Wildman–Crippen MR) is 48.5 cm³/mol. The maximum absolute atomic E-state index is 10.4. The van der Waals surface area contributed by atoms with Gasteiger partial charge in [0.05, 0.1) is 12.0 Å². The van der Waals surface area contributed by atoms with Crippen molar-refractivity contribution in [2.24, 2.45) is 0 Å². The average molecular weight is 223 g/mol. The summed E-state index contributed by atoms with van der Waals surface area (Å²) in [5.41, 5.74) is 3.71. The Labute approximate surface area is 87.2 Å². The summed E-state index contributed by atoms with van der Waals surface area (Å²) in [5, 5.41) is 16.3. The molecule has 0 unspecified atom stereocenters. The number of carboxylic acids is 2. The van der Waals surface area contributed by atoms with Crippen LogP contribution in [0.3, 0.4) is 0 Å². The van der Waals surface area contributed by atoms with Gasteiger partial charge in [-0.15, -0.1) is 0 Å². The fraction of sp³-hybridized carbons (Fsp3) is 0.625. The first-order valence-electron chi connectivity index (χ1n) is 3.85. The molecule has 0 rings (SSSR count). The third-order valence-electron chi connectivity index (χ3n) is 0.902. The van der Waals surface area contributed by atoms with Gasteiger partial charge >= 0.3 is 5.97 Å². The third-order valence-corrected chi connectivity index (χ3v) is 0.902. The molecule has 7 heteroatoms. The number of hydrogen-bond donors (Lipinski definition) is 2. The Kier molecular flexibility index (Phi) is 10.1. The van der Waals surface area contributed by atoms with Gasteiger partial charge < -0.3 is 26.2 Å². The maximum atomic E-state index is 10.4. The van der Waals surface area contributed by atoms with Crippen molar-refractivity contribution in [1.82, 2.24) is 0 Å². The van der Waals surface area contributed by atoms with E-state index in [1.807, 2.05) is 13.8 Å². The molecule has 0 spiro atoms. The summed E-state index contributed by atoms with van der Waals surface area (Å²) in [7, 11) is 0. The highest BCUT2D eigenvalue weighted by molar-refractivity contribution is 6.26. The minimum Gasteiger partial charge on any atom is -0.539 e. The van der Waals surface area contributed by atoms with E-state index in [1.54, 1.807) is 6.92 Å².